The van der Waals surface area contributed by atoms with E-state index in [1.807, 2.05) is 146 Å². The summed E-state index contributed by atoms with van der Waals surface area (Å²) in [6.45, 7) is 0. The van der Waals surface area contributed by atoms with Crippen LogP contribution in [0.5, 0.6) is 0 Å². The van der Waals surface area contributed by atoms with Crippen LogP contribution >= 0.6 is 0 Å². The molecule has 0 fully saturated rings. The predicted molar refractivity (Wildman–Crippen MR) is 479 cm³/mol. The van der Waals surface area contributed by atoms with Gasteiger partial charge < -0.3 is 0 Å². The van der Waals surface area contributed by atoms with Gasteiger partial charge >= 0.3 is 0 Å². The molecule has 0 aliphatic rings. The van der Waals surface area contributed by atoms with E-state index >= 15 is 0 Å². The normalized spacial score (nSPS) is 11.6. The van der Waals surface area contributed by atoms with Gasteiger partial charge in [-0.1, -0.05) is 273 Å². The van der Waals surface area contributed by atoms with Crippen molar-refractivity contribution in [3.05, 3.63) is 382 Å². The van der Waals surface area contributed by atoms with Crippen LogP contribution in [-0.2, 0) is 0 Å². The highest BCUT2D eigenvalue weighted by Crippen LogP contribution is 2.38. The second-order valence-corrected chi connectivity index (χ2v) is 29.4. The molecular formula is C105H63N13. The molecule has 0 N–H and O–H groups in total. The van der Waals surface area contributed by atoms with Crippen LogP contribution in [0.3, 0.4) is 0 Å². The maximum atomic E-state index is 5.16. The highest BCUT2D eigenvalue weighted by atomic mass is 15.0. The van der Waals surface area contributed by atoms with Crippen molar-refractivity contribution in [1.82, 2.24) is 64.8 Å². The van der Waals surface area contributed by atoms with Gasteiger partial charge in [-0.25, -0.2) is 59.8 Å². The minimum atomic E-state index is 0.608. The average Bonchev–Trinajstić information content (AvgIpc) is 0.769. The summed E-state index contributed by atoms with van der Waals surface area (Å²) in [4.78, 5) is 65.2. The van der Waals surface area contributed by atoms with E-state index in [9.17, 15) is 0 Å². The number of nitrogens with zero attached hydrogens (tertiary/aromatic N) is 13. The van der Waals surface area contributed by atoms with Crippen LogP contribution in [0.2, 0.25) is 0 Å². The van der Waals surface area contributed by atoms with Crippen molar-refractivity contribution >= 4 is 109 Å². The molecule has 118 heavy (non-hydrogen) atoms. The predicted octanol–water partition coefficient (Wildman–Crippen LogP) is 25.4. The van der Waals surface area contributed by atoms with E-state index in [1.165, 1.54) is 0 Å². The summed E-state index contributed by atoms with van der Waals surface area (Å²) < 4.78 is 0. The first kappa shape index (κ1) is 68.5. The third-order valence-electron chi connectivity index (χ3n) is 21.9. The first-order valence-electron chi connectivity index (χ1n) is 39.1. The third-order valence-corrected chi connectivity index (χ3v) is 21.9. The first-order valence-corrected chi connectivity index (χ1v) is 39.1. The van der Waals surface area contributed by atoms with Crippen molar-refractivity contribution in [2.24, 2.45) is 0 Å². The number of hydrogen-bond donors (Lipinski definition) is 0. The van der Waals surface area contributed by atoms with Crippen molar-refractivity contribution in [3.63, 3.8) is 0 Å². The molecule has 0 unspecified atom stereocenters. The molecule has 23 aromatic rings. The molecule has 0 bridgehead atoms. The number of aromatic nitrogens is 13. The van der Waals surface area contributed by atoms with Crippen LogP contribution < -0.4 is 0 Å². The Morgan fingerprint density at radius 3 is 0.839 bits per heavy atom. The van der Waals surface area contributed by atoms with Gasteiger partial charge in [-0.2, -0.15) is 0 Å². The van der Waals surface area contributed by atoms with Crippen LogP contribution in [0.4, 0.5) is 0 Å². The lowest BCUT2D eigenvalue weighted by atomic mass is 10.0. The molecule has 13 heteroatoms. The molecular weight excluding hydrogens is 1440 g/mol. The molecule has 0 aliphatic heterocycles. The Morgan fingerprint density at radius 1 is 0.127 bits per heavy atom. The maximum Gasteiger partial charge on any atom is 0.164 e. The summed E-state index contributed by atoms with van der Waals surface area (Å²) in [5.41, 5.74) is 26.8. The molecule has 0 amide bonds. The quantitative estimate of drug-likeness (QED) is 0.112. The van der Waals surface area contributed by atoms with Crippen molar-refractivity contribution in [3.8, 4) is 124 Å². The van der Waals surface area contributed by atoms with E-state index in [-0.39, 0.29) is 0 Å². The third kappa shape index (κ3) is 13.1. The van der Waals surface area contributed by atoms with E-state index in [1.54, 1.807) is 0 Å². The van der Waals surface area contributed by atoms with Crippen LogP contribution in [-0.4, -0.2) is 64.8 Å². The zero-order valence-electron chi connectivity index (χ0n) is 63.2. The molecule has 13 nitrogen and oxygen atoms in total. The minimum Gasteiger partial charge on any atom is -0.254 e. The Morgan fingerprint density at radius 2 is 0.407 bits per heavy atom. The van der Waals surface area contributed by atoms with Crippen LogP contribution in [0.25, 0.3) is 233 Å². The smallest absolute Gasteiger partial charge is 0.164 e. The Kier molecular flexibility index (Phi) is 16.9. The lowest BCUT2D eigenvalue weighted by Crippen LogP contribution is -2.00. The summed E-state index contributed by atoms with van der Waals surface area (Å²) in [5.74, 6) is 1.87. The Hall–Kier alpha value is -16.3. The van der Waals surface area contributed by atoms with Gasteiger partial charge in [0.1, 0.15) is 0 Å². The second kappa shape index (κ2) is 29.1. The number of benzene rings is 12. The molecule has 0 atom stereocenters. The van der Waals surface area contributed by atoms with Gasteiger partial charge in [0.2, 0.25) is 0 Å². The minimum absolute atomic E-state index is 0.608. The van der Waals surface area contributed by atoms with Crippen LogP contribution in [0.15, 0.2) is 382 Å². The van der Waals surface area contributed by atoms with Gasteiger partial charge in [0.05, 0.1) is 106 Å². The van der Waals surface area contributed by atoms with E-state index in [0.29, 0.717) is 17.5 Å². The summed E-state index contributed by atoms with van der Waals surface area (Å²) >= 11 is 0. The standard InChI is InChI=1S/C54H32N6.C51H31N7/c1-3-7-33(8-4-1)43-24-18-36-12-14-38-20-28-48(59-53(38)51(36)57-43)46-30-23-42-31-40(22-26-45(42)55-46)41-16-11-35-17-27-47(56-50(35)32-41)49-29-21-39-15-13-37-19-25-44(34-9-5-2-6-10-34)58-52(37)54(39)60-49;1-3-9-35(10-4-1)49-56-50(36-11-5-2-6-12-36)58-51(57-49)41-14-7-13-39(30-41)42-25-23-40-29-37(22-24-43(40)53-42)38-19-16-32-20-26-44(54-46(32)31-38)45-27-21-34-18-17-33-15-8-28-52-47(33)48(34)55-45/h1-32H;1-31H. The van der Waals surface area contributed by atoms with E-state index in [4.69, 9.17) is 59.8 Å². The van der Waals surface area contributed by atoms with Crippen LogP contribution in [0, 0.1) is 0 Å². The fraction of sp³-hybridized carbons (Fsp3) is 0. The van der Waals surface area contributed by atoms with Crippen molar-refractivity contribution < 1.29 is 0 Å². The van der Waals surface area contributed by atoms with E-state index in [0.717, 1.165) is 216 Å². The van der Waals surface area contributed by atoms with Crippen molar-refractivity contribution in [2.75, 3.05) is 0 Å². The van der Waals surface area contributed by atoms with Gasteiger partial charge in [0.25, 0.3) is 0 Å². The SMILES string of the molecule is c1ccc(-c2ccc3ccc4ccc(-c5ccc6cc(-c7ccc8ccc(-c9ccc%10ccc%11ccc(-c%12ccccc%12)nc%11c%10n9)nc8c7)ccc6n5)nc4c3n2)cc1.c1ccc(-c2nc(-c3ccccc3)nc(-c3cccc(-c4ccc5cc(-c6ccc7ccc(-c8ccc9ccc%10cccnc%10c9n8)nc7c6)ccc5n4)c3)n2)cc1. The number of fused-ring (bicyclic) bond motifs is 13. The van der Waals surface area contributed by atoms with Crippen molar-refractivity contribution in [1.29, 1.82) is 0 Å². The summed E-state index contributed by atoms with van der Waals surface area (Å²) in [7, 11) is 0. The molecule has 0 saturated carbocycles. The first-order chi connectivity index (χ1) is 58.3. The molecule has 11 aromatic heterocycles. The van der Waals surface area contributed by atoms with E-state index in [2.05, 4.69) is 242 Å². The van der Waals surface area contributed by atoms with Gasteiger partial charge in [0, 0.05) is 93.4 Å². The summed E-state index contributed by atoms with van der Waals surface area (Å²) in [5, 5.41) is 10.6. The largest absolute Gasteiger partial charge is 0.254 e. The van der Waals surface area contributed by atoms with Gasteiger partial charge in [0.15, 0.2) is 17.5 Å². The molecule has 23 rings (SSSR count). The van der Waals surface area contributed by atoms with E-state index < -0.39 is 0 Å². The van der Waals surface area contributed by atoms with Gasteiger partial charge in [-0.15, -0.1) is 0 Å². The number of hydrogen-bond acceptors (Lipinski definition) is 13. The lowest BCUT2D eigenvalue weighted by Gasteiger charge is -2.10. The Bertz CT molecular complexity index is 7890. The molecule has 11 heterocycles. The van der Waals surface area contributed by atoms with Gasteiger partial charge in [-0.3, -0.25) is 4.98 Å². The lowest BCUT2D eigenvalue weighted by molar-refractivity contribution is 1.07. The molecule has 0 spiro atoms. The van der Waals surface area contributed by atoms with Gasteiger partial charge in [-0.05, 0) is 125 Å². The zero-order chi connectivity index (χ0) is 78.0. The molecule has 0 saturated heterocycles. The Labute approximate surface area is 676 Å². The highest BCUT2D eigenvalue weighted by molar-refractivity contribution is 6.07. The van der Waals surface area contributed by atoms with Crippen molar-refractivity contribution in [2.45, 2.75) is 0 Å². The maximum absolute atomic E-state index is 5.16. The number of rotatable bonds is 11. The molecule has 0 radical (unpaired) electrons. The summed E-state index contributed by atoms with van der Waals surface area (Å²) in [6, 6.07) is 129. The monoisotopic (exact) mass is 1510 g/mol. The molecule has 548 valence electrons. The topological polar surface area (TPSA) is 168 Å². The average molecular weight is 1510 g/mol. The highest BCUT2D eigenvalue weighted by Gasteiger charge is 2.19. The molecule has 12 aromatic carbocycles. The fourth-order valence-electron chi connectivity index (χ4n) is 15.8. The Balaban J connectivity index is 0.000000142. The fourth-order valence-corrected chi connectivity index (χ4v) is 15.8. The van der Waals surface area contributed by atoms with Crippen LogP contribution in [0.1, 0.15) is 0 Å². The second-order valence-electron chi connectivity index (χ2n) is 29.4. The number of pyridine rings is 10. The summed E-state index contributed by atoms with van der Waals surface area (Å²) in [6.07, 6.45) is 1.81. The molecule has 0 aliphatic carbocycles. The zero-order valence-corrected chi connectivity index (χ0v) is 63.2.